The number of hydrogen-bond donors (Lipinski definition) is 3. The molecule has 0 saturated carbocycles. The number of rotatable bonds is 7. The van der Waals surface area contributed by atoms with E-state index in [0.29, 0.717) is 17.1 Å². The van der Waals surface area contributed by atoms with E-state index in [0.717, 1.165) is 12.0 Å². The largest absolute Gasteiger partial charge is 0.480 e. The van der Waals surface area contributed by atoms with Crippen LogP contribution in [-0.2, 0) is 9.59 Å². The molecule has 0 aliphatic rings. The van der Waals surface area contributed by atoms with E-state index >= 15 is 0 Å². The van der Waals surface area contributed by atoms with Gasteiger partial charge in [-0.2, -0.15) is 0 Å². The molecule has 0 spiro atoms. The van der Waals surface area contributed by atoms with Crippen molar-refractivity contribution in [1.82, 2.24) is 5.32 Å². The molecule has 1 unspecified atom stereocenters. The lowest BCUT2D eigenvalue weighted by molar-refractivity contribution is -0.139. The van der Waals surface area contributed by atoms with Gasteiger partial charge in [0.15, 0.2) is 0 Å². The molecule has 1 amide bonds. The number of benzene rings is 1. The van der Waals surface area contributed by atoms with E-state index in [1.165, 1.54) is 0 Å². The molecule has 1 aromatic carbocycles. The van der Waals surface area contributed by atoms with Gasteiger partial charge >= 0.3 is 5.97 Å². The van der Waals surface area contributed by atoms with Gasteiger partial charge in [0, 0.05) is 10.7 Å². The third kappa shape index (κ3) is 6.80. The molecule has 0 radical (unpaired) electrons. The molecular formula is C14H20Cl2N2O3. The molecule has 0 aliphatic heterocycles. The number of hydrogen-bond acceptors (Lipinski definition) is 3. The highest BCUT2D eigenvalue weighted by Crippen LogP contribution is 2.19. The predicted octanol–water partition coefficient (Wildman–Crippen LogP) is 2.85. The Balaban J connectivity index is 0.00000400. The summed E-state index contributed by atoms with van der Waals surface area (Å²) in [5.74, 6) is -1.24. The predicted molar refractivity (Wildman–Crippen MR) is 86.4 cm³/mol. The molecule has 21 heavy (non-hydrogen) atoms. The van der Waals surface area contributed by atoms with Gasteiger partial charge in [0.25, 0.3) is 0 Å². The first-order valence-corrected chi connectivity index (χ1v) is 6.84. The van der Waals surface area contributed by atoms with Crippen LogP contribution in [0.5, 0.6) is 0 Å². The third-order valence-electron chi connectivity index (χ3n) is 2.86. The van der Waals surface area contributed by atoms with Gasteiger partial charge in [-0.1, -0.05) is 31.0 Å². The molecule has 0 fully saturated rings. The maximum Gasteiger partial charge on any atom is 0.320 e. The average molecular weight is 335 g/mol. The molecule has 0 bridgehead atoms. The number of anilines is 1. The Labute approximate surface area is 135 Å². The molecule has 0 aromatic heterocycles. The van der Waals surface area contributed by atoms with Crippen molar-refractivity contribution in [3.8, 4) is 0 Å². The number of carboxylic acids is 1. The van der Waals surface area contributed by atoms with Crippen molar-refractivity contribution in [1.29, 1.82) is 0 Å². The molecule has 0 saturated heterocycles. The summed E-state index contributed by atoms with van der Waals surface area (Å²) in [4.78, 5) is 22.7. The standard InChI is InChI=1S/C14H19ClN2O3.ClH/c1-3-4-11(14(19)20)16-8-13(18)17-12-7-10(15)6-5-9(12)2;/h5-7,11,16H,3-4,8H2,1-2H3,(H,17,18)(H,19,20);1H. The number of carboxylic acid groups (broad SMARTS) is 1. The smallest absolute Gasteiger partial charge is 0.320 e. The number of halogens is 2. The van der Waals surface area contributed by atoms with Crippen LogP contribution in [0, 0.1) is 6.92 Å². The zero-order valence-corrected chi connectivity index (χ0v) is 13.6. The monoisotopic (exact) mass is 334 g/mol. The summed E-state index contributed by atoms with van der Waals surface area (Å²) in [6.07, 6.45) is 1.22. The van der Waals surface area contributed by atoms with Crippen LogP contribution < -0.4 is 10.6 Å². The van der Waals surface area contributed by atoms with Crippen molar-refractivity contribution in [3.05, 3.63) is 28.8 Å². The molecular weight excluding hydrogens is 315 g/mol. The minimum absolute atomic E-state index is 0. The van der Waals surface area contributed by atoms with E-state index in [9.17, 15) is 9.59 Å². The van der Waals surface area contributed by atoms with Gasteiger partial charge in [0.2, 0.25) is 5.91 Å². The first-order chi connectivity index (χ1) is 9.43. The first-order valence-electron chi connectivity index (χ1n) is 6.46. The van der Waals surface area contributed by atoms with Crippen molar-refractivity contribution >= 4 is 41.6 Å². The first kappa shape index (κ1) is 19.7. The summed E-state index contributed by atoms with van der Waals surface area (Å²) in [5.41, 5.74) is 1.53. The Morgan fingerprint density at radius 3 is 2.62 bits per heavy atom. The highest BCUT2D eigenvalue weighted by molar-refractivity contribution is 6.31. The number of aliphatic carboxylic acids is 1. The summed E-state index contributed by atoms with van der Waals surface area (Å²) < 4.78 is 0. The summed E-state index contributed by atoms with van der Waals surface area (Å²) in [6.45, 7) is 3.70. The summed E-state index contributed by atoms with van der Waals surface area (Å²) in [6, 6.07) is 4.51. The molecule has 5 nitrogen and oxygen atoms in total. The highest BCUT2D eigenvalue weighted by Gasteiger charge is 2.16. The Kier molecular flexibility index (Phi) is 9.01. The Morgan fingerprint density at radius 1 is 1.38 bits per heavy atom. The SMILES string of the molecule is CCCC(NCC(=O)Nc1cc(Cl)ccc1C)C(=O)O.Cl. The van der Waals surface area contributed by atoms with Gasteiger partial charge < -0.3 is 10.4 Å². The average Bonchev–Trinajstić information content (AvgIpc) is 2.38. The van der Waals surface area contributed by atoms with Crippen LogP contribution in [0.15, 0.2) is 18.2 Å². The number of carbonyl (C=O) groups excluding carboxylic acids is 1. The van der Waals surface area contributed by atoms with Crippen molar-refractivity contribution in [3.63, 3.8) is 0 Å². The molecule has 0 aliphatic carbocycles. The van der Waals surface area contributed by atoms with E-state index in [2.05, 4.69) is 10.6 Å². The number of aryl methyl sites for hydroxylation is 1. The summed E-state index contributed by atoms with van der Waals surface area (Å²) >= 11 is 5.87. The Hall–Kier alpha value is -1.30. The van der Waals surface area contributed by atoms with Gasteiger partial charge in [-0.3, -0.25) is 14.9 Å². The molecule has 1 rings (SSSR count). The topological polar surface area (TPSA) is 78.4 Å². The zero-order valence-electron chi connectivity index (χ0n) is 12.0. The quantitative estimate of drug-likeness (QED) is 0.716. The minimum Gasteiger partial charge on any atom is -0.480 e. The lowest BCUT2D eigenvalue weighted by Gasteiger charge is -2.14. The zero-order chi connectivity index (χ0) is 15.1. The van der Waals surface area contributed by atoms with Crippen molar-refractivity contribution < 1.29 is 14.7 Å². The second-order valence-corrected chi connectivity index (χ2v) is 5.00. The van der Waals surface area contributed by atoms with Gasteiger partial charge in [0.1, 0.15) is 6.04 Å². The maximum atomic E-state index is 11.8. The highest BCUT2D eigenvalue weighted by atomic mass is 35.5. The van der Waals surface area contributed by atoms with Crippen LogP contribution in [-0.4, -0.2) is 29.6 Å². The molecule has 7 heteroatoms. The van der Waals surface area contributed by atoms with Crippen LogP contribution in [0.1, 0.15) is 25.3 Å². The van der Waals surface area contributed by atoms with Gasteiger partial charge in [0.05, 0.1) is 6.54 Å². The van der Waals surface area contributed by atoms with Gasteiger partial charge in [-0.25, -0.2) is 0 Å². The summed E-state index contributed by atoms with van der Waals surface area (Å²) in [7, 11) is 0. The van der Waals surface area contributed by atoms with E-state index in [4.69, 9.17) is 16.7 Å². The number of nitrogens with one attached hydrogen (secondary N) is 2. The summed E-state index contributed by atoms with van der Waals surface area (Å²) in [5, 5.41) is 14.9. The van der Waals surface area contributed by atoms with Crippen LogP contribution >= 0.6 is 24.0 Å². The minimum atomic E-state index is -0.946. The number of amides is 1. The van der Waals surface area contributed by atoms with Crippen LogP contribution in [0.2, 0.25) is 5.02 Å². The molecule has 1 aromatic rings. The van der Waals surface area contributed by atoms with E-state index in [1.54, 1.807) is 12.1 Å². The van der Waals surface area contributed by atoms with Gasteiger partial charge in [-0.05, 0) is 31.0 Å². The fourth-order valence-corrected chi connectivity index (χ4v) is 1.91. The molecule has 118 valence electrons. The van der Waals surface area contributed by atoms with Crippen molar-refractivity contribution in [2.45, 2.75) is 32.7 Å². The normalized spacial score (nSPS) is 11.4. The second-order valence-electron chi connectivity index (χ2n) is 4.57. The van der Waals surface area contributed by atoms with Crippen molar-refractivity contribution in [2.75, 3.05) is 11.9 Å². The van der Waals surface area contributed by atoms with E-state index < -0.39 is 12.0 Å². The van der Waals surface area contributed by atoms with Crippen LogP contribution in [0.25, 0.3) is 0 Å². The van der Waals surface area contributed by atoms with E-state index in [-0.39, 0.29) is 24.9 Å². The molecule has 1 atom stereocenters. The molecule has 0 heterocycles. The van der Waals surface area contributed by atoms with Crippen LogP contribution in [0.3, 0.4) is 0 Å². The third-order valence-corrected chi connectivity index (χ3v) is 3.09. The van der Waals surface area contributed by atoms with Crippen molar-refractivity contribution in [2.24, 2.45) is 0 Å². The fraction of sp³-hybridized carbons (Fsp3) is 0.429. The lowest BCUT2D eigenvalue weighted by Crippen LogP contribution is -2.41. The van der Waals surface area contributed by atoms with Gasteiger partial charge in [-0.15, -0.1) is 12.4 Å². The number of carbonyl (C=O) groups is 2. The lowest BCUT2D eigenvalue weighted by atomic mass is 10.1. The maximum absolute atomic E-state index is 11.8. The molecule has 3 N–H and O–H groups in total. The fourth-order valence-electron chi connectivity index (χ4n) is 1.74. The second kappa shape index (κ2) is 9.60. The Morgan fingerprint density at radius 2 is 2.05 bits per heavy atom. The van der Waals surface area contributed by atoms with E-state index in [1.807, 2.05) is 19.9 Å². The van der Waals surface area contributed by atoms with Crippen LogP contribution in [0.4, 0.5) is 5.69 Å². The Bertz CT molecular complexity index is 495.